The van der Waals surface area contributed by atoms with Crippen molar-refractivity contribution in [3.05, 3.63) is 12.7 Å². The molecule has 1 aliphatic heterocycles. The van der Waals surface area contributed by atoms with Gasteiger partial charge < -0.3 is 50.9 Å². The first-order valence-electron chi connectivity index (χ1n) is 15.6. The molecule has 298 valence electrons. The fourth-order valence-electron chi connectivity index (χ4n) is 4.72. The van der Waals surface area contributed by atoms with Crippen molar-refractivity contribution in [3.63, 3.8) is 0 Å². The van der Waals surface area contributed by atoms with E-state index < -0.39 is 84.6 Å². The zero-order valence-electron chi connectivity index (χ0n) is 28.1. The van der Waals surface area contributed by atoms with E-state index in [1.165, 1.54) is 13.8 Å². The Morgan fingerprint density at radius 1 is 1.08 bits per heavy atom. The molecule has 2 aromatic heterocycles. The summed E-state index contributed by atoms with van der Waals surface area (Å²) in [6.07, 6.45) is -5.09. The lowest BCUT2D eigenvalue weighted by atomic mass is 9.87. The molecule has 7 unspecified atom stereocenters. The van der Waals surface area contributed by atoms with Gasteiger partial charge in [0.25, 0.3) is 0 Å². The van der Waals surface area contributed by atoms with Crippen LogP contribution in [0.4, 0.5) is 5.82 Å². The number of hydrogen-bond acceptors (Lipinski definition) is 18. The average Bonchev–Trinajstić information content (AvgIpc) is 3.76. The summed E-state index contributed by atoms with van der Waals surface area (Å²) in [4.78, 5) is 87.0. The summed E-state index contributed by atoms with van der Waals surface area (Å²) in [6.45, 7) is 0.574. The summed E-state index contributed by atoms with van der Waals surface area (Å²) in [5.74, 6) is -0.911. The normalized spacial score (nSPS) is 23.6. The minimum atomic E-state index is -5.56. The Bertz CT molecular complexity index is 1790. The van der Waals surface area contributed by atoms with Crippen molar-refractivity contribution in [1.82, 2.24) is 30.2 Å². The maximum atomic E-state index is 12.6. The molecule has 24 nitrogen and oxygen atoms in total. The maximum absolute atomic E-state index is 12.6. The standard InChI is InChI=1S/C25H40N7O17P3S/c1-25(2,19(35)22(36)28-6-5-15(33)27-7-8-53-24(37)13-3-4-13)10-46-52(43,44)49-51(41,42)45-9-14-18(48-50(38,39)40)17(34)23(47-14)32-12-31-16-20(26)29-11-30-21(16)32/h11-14,17-19,23,34-35H,3-10H2,1-2H3,(H,27,33)(H,28,36)(H,41,42)(H,43,44)(H2,26,29,30)(H2,38,39,40). The molecule has 2 amide bonds. The number of ether oxygens (including phenoxy) is 1. The van der Waals surface area contributed by atoms with E-state index in [4.69, 9.17) is 19.5 Å². The molecule has 1 saturated carbocycles. The van der Waals surface area contributed by atoms with Crippen LogP contribution in [0, 0.1) is 11.3 Å². The number of hydrogen-bond donors (Lipinski definition) is 9. The zero-order chi connectivity index (χ0) is 39.4. The molecule has 53 heavy (non-hydrogen) atoms. The first-order chi connectivity index (χ1) is 24.6. The number of phosphoric acid groups is 3. The smallest absolute Gasteiger partial charge is 0.386 e. The molecule has 0 radical (unpaired) electrons. The Morgan fingerprint density at radius 3 is 2.42 bits per heavy atom. The van der Waals surface area contributed by atoms with Crippen LogP contribution in [-0.4, -0.2) is 123 Å². The number of aliphatic hydroxyl groups excluding tert-OH is 2. The number of fused-ring (bicyclic) bond motifs is 1. The third-order valence-electron chi connectivity index (χ3n) is 7.66. The second-order valence-electron chi connectivity index (χ2n) is 12.5. The highest BCUT2D eigenvalue weighted by Gasteiger charge is 2.50. The van der Waals surface area contributed by atoms with Gasteiger partial charge in [-0.05, 0) is 12.8 Å². The van der Waals surface area contributed by atoms with Crippen LogP contribution >= 0.6 is 35.2 Å². The van der Waals surface area contributed by atoms with E-state index in [9.17, 15) is 57.9 Å². The van der Waals surface area contributed by atoms with Gasteiger partial charge in [0.15, 0.2) is 22.8 Å². The van der Waals surface area contributed by atoms with Crippen LogP contribution in [0.15, 0.2) is 12.7 Å². The lowest BCUT2D eigenvalue weighted by Crippen LogP contribution is -2.46. The number of nitrogens with two attached hydrogens (primary N) is 1. The van der Waals surface area contributed by atoms with Gasteiger partial charge in [-0.2, -0.15) is 4.31 Å². The van der Waals surface area contributed by atoms with Gasteiger partial charge in [-0.25, -0.2) is 28.6 Å². The van der Waals surface area contributed by atoms with E-state index in [2.05, 4.69) is 34.4 Å². The van der Waals surface area contributed by atoms with Crippen molar-refractivity contribution >= 4 is 69.1 Å². The Hall–Kier alpha value is -2.44. The van der Waals surface area contributed by atoms with Crippen LogP contribution < -0.4 is 16.4 Å². The summed E-state index contributed by atoms with van der Waals surface area (Å²) < 4.78 is 62.0. The number of aromatic nitrogens is 4. The molecule has 10 N–H and O–H groups in total. The van der Waals surface area contributed by atoms with Crippen molar-refractivity contribution in [1.29, 1.82) is 0 Å². The van der Waals surface area contributed by atoms with Crippen molar-refractivity contribution in [2.24, 2.45) is 11.3 Å². The van der Waals surface area contributed by atoms with Crippen LogP contribution in [0.1, 0.15) is 39.3 Å². The third kappa shape index (κ3) is 12.5. The van der Waals surface area contributed by atoms with Crippen molar-refractivity contribution in [2.45, 2.75) is 63.8 Å². The minimum absolute atomic E-state index is 0.0325. The van der Waals surface area contributed by atoms with Gasteiger partial charge in [0.2, 0.25) is 11.8 Å². The number of nitrogen functional groups attached to an aromatic ring is 1. The number of amides is 2. The number of anilines is 1. The molecule has 2 fully saturated rings. The van der Waals surface area contributed by atoms with Gasteiger partial charge in [0.1, 0.15) is 36.3 Å². The number of nitrogens with one attached hydrogen (secondary N) is 2. The molecule has 2 aromatic rings. The van der Waals surface area contributed by atoms with E-state index >= 15 is 0 Å². The predicted octanol–water partition coefficient (Wildman–Crippen LogP) is -0.925. The van der Waals surface area contributed by atoms with Crippen LogP contribution in [0.2, 0.25) is 0 Å². The Morgan fingerprint density at radius 2 is 1.75 bits per heavy atom. The summed E-state index contributed by atoms with van der Waals surface area (Å²) in [7, 11) is -16.4. The predicted molar refractivity (Wildman–Crippen MR) is 180 cm³/mol. The van der Waals surface area contributed by atoms with Gasteiger partial charge >= 0.3 is 23.5 Å². The van der Waals surface area contributed by atoms with Gasteiger partial charge in [0.05, 0.1) is 19.5 Å². The quantitative estimate of drug-likeness (QED) is 0.0575. The van der Waals surface area contributed by atoms with E-state index in [0.717, 1.165) is 41.8 Å². The first kappa shape index (κ1) is 43.3. The molecule has 3 heterocycles. The lowest BCUT2D eigenvalue weighted by molar-refractivity contribution is -0.137. The van der Waals surface area contributed by atoms with E-state index in [1.807, 2.05) is 0 Å². The van der Waals surface area contributed by atoms with Crippen molar-refractivity contribution < 1.29 is 80.5 Å². The Kier molecular flexibility index (Phi) is 14.3. The summed E-state index contributed by atoms with van der Waals surface area (Å²) in [6, 6.07) is 0. The van der Waals surface area contributed by atoms with Crippen LogP contribution in [0.25, 0.3) is 11.2 Å². The molecule has 1 saturated heterocycles. The van der Waals surface area contributed by atoms with E-state index in [-0.39, 0.29) is 47.5 Å². The van der Waals surface area contributed by atoms with Gasteiger partial charge in [-0.15, -0.1) is 0 Å². The highest BCUT2D eigenvalue weighted by atomic mass is 32.2. The third-order valence-corrected chi connectivity index (χ3v) is 11.8. The van der Waals surface area contributed by atoms with E-state index in [0.29, 0.717) is 5.75 Å². The molecule has 2 aliphatic rings. The van der Waals surface area contributed by atoms with Gasteiger partial charge in [-0.1, -0.05) is 25.6 Å². The molecule has 0 bridgehead atoms. The highest BCUT2D eigenvalue weighted by Crippen LogP contribution is 2.61. The molecular weight excluding hydrogens is 795 g/mol. The molecule has 0 aromatic carbocycles. The molecule has 4 rings (SSSR count). The Labute approximate surface area is 305 Å². The summed E-state index contributed by atoms with van der Waals surface area (Å²) in [5.41, 5.74) is 4.27. The average molecular weight is 836 g/mol. The lowest BCUT2D eigenvalue weighted by Gasteiger charge is -2.30. The number of phosphoric ester groups is 3. The number of nitrogens with zero attached hydrogens (tertiary/aromatic N) is 4. The molecule has 7 atom stereocenters. The fourth-order valence-corrected chi connectivity index (χ4v) is 8.42. The van der Waals surface area contributed by atoms with Crippen LogP contribution in [-0.2, 0) is 50.7 Å². The monoisotopic (exact) mass is 835 g/mol. The topological polar surface area (TPSA) is 364 Å². The van der Waals surface area contributed by atoms with Crippen LogP contribution in [0.5, 0.6) is 0 Å². The maximum Gasteiger partial charge on any atom is 0.481 e. The van der Waals surface area contributed by atoms with E-state index in [1.54, 1.807) is 0 Å². The van der Waals surface area contributed by atoms with Crippen molar-refractivity contribution in [2.75, 3.05) is 37.8 Å². The fraction of sp³-hybridized carbons (Fsp3) is 0.680. The second-order valence-corrected chi connectivity index (χ2v) is 17.8. The Balaban J connectivity index is 1.25. The molecular formula is C25H40N7O17P3S. The largest absolute Gasteiger partial charge is 0.481 e. The number of aliphatic hydroxyl groups is 2. The summed E-state index contributed by atoms with van der Waals surface area (Å²) >= 11 is 1.14. The second kappa shape index (κ2) is 17.6. The number of carbonyl (C=O) groups is 3. The number of imidazole rings is 1. The van der Waals surface area contributed by atoms with Crippen molar-refractivity contribution in [3.8, 4) is 0 Å². The SMILES string of the molecule is CC(C)(COP(=O)(O)OP(=O)(O)OCC1OC(n2cnc3c(N)ncnc32)C(O)C1OP(=O)(O)O)C(O)C(=O)NCCC(=O)NCCSC(=O)C1CC1. The molecule has 0 spiro atoms. The summed E-state index contributed by atoms with van der Waals surface area (Å²) in [5, 5.41) is 26.4. The first-order valence-corrected chi connectivity index (χ1v) is 21.2. The van der Waals surface area contributed by atoms with Gasteiger partial charge in [0, 0.05) is 36.6 Å². The highest BCUT2D eigenvalue weighted by molar-refractivity contribution is 8.13. The molecule has 1 aliphatic carbocycles. The van der Waals surface area contributed by atoms with Crippen LogP contribution in [0.3, 0.4) is 0 Å². The number of rotatable bonds is 20. The van der Waals surface area contributed by atoms with Gasteiger partial charge in [-0.3, -0.25) is 32.5 Å². The zero-order valence-corrected chi connectivity index (χ0v) is 31.6. The number of carbonyl (C=O) groups excluding carboxylic acids is 3. The molecule has 28 heteroatoms. The minimum Gasteiger partial charge on any atom is -0.386 e. The number of thioether (sulfide) groups is 1.